The van der Waals surface area contributed by atoms with Gasteiger partial charge in [0.2, 0.25) is 0 Å². The summed E-state index contributed by atoms with van der Waals surface area (Å²) in [6, 6.07) is 9.04. The number of carbonyl (C=O) groups is 1. The number of anilines is 2. The zero-order valence-corrected chi connectivity index (χ0v) is 15.3. The molecular weight excluding hydrogens is 362 g/mol. The van der Waals surface area contributed by atoms with E-state index in [1.54, 1.807) is 23.5 Å². The molecule has 7 heteroatoms. The summed E-state index contributed by atoms with van der Waals surface area (Å²) in [4.78, 5) is 20.1. The van der Waals surface area contributed by atoms with Gasteiger partial charge in [-0.15, -0.1) is 11.3 Å². The molecule has 2 aromatic heterocycles. The number of halogens is 1. The zero-order chi connectivity index (χ0) is 16.5. The molecule has 0 spiro atoms. The number of fused-ring (bicyclic) bond motifs is 1. The fourth-order valence-corrected chi connectivity index (χ4v) is 5.22. The first-order chi connectivity index (χ1) is 11.7. The molecule has 3 heterocycles. The molecule has 1 aliphatic heterocycles. The highest BCUT2D eigenvalue weighted by molar-refractivity contribution is 7.40. The molecule has 1 aromatic carbocycles. The molecular formula is C17H16ClN3OS2. The van der Waals surface area contributed by atoms with E-state index in [9.17, 15) is 4.79 Å². The maximum absolute atomic E-state index is 12.4. The van der Waals surface area contributed by atoms with Crippen LogP contribution in [0.25, 0.3) is 9.53 Å². The molecule has 124 valence electrons. The maximum atomic E-state index is 12.4. The van der Waals surface area contributed by atoms with Gasteiger partial charge in [0.1, 0.15) is 4.01 Å². The van der Waals surface area contributed by atoms with E-state index in [0.717, 1.165) is 27.8 Å². The Morgan fingerprint density at radius 3 is 2.75 bits per heavy atom. The van der Waals surface area contributed by atoms with Crippen molar-refractivity contribution in [3.63, 3.8) is 0 Å². The number of benzene rings is 1. The van der Waals surface area contributed by atoms with E-state index in [0.29, 0.717) is 15.6 Å². The van der Waals surface area contributed by atoms with Crippen molar-refractivity contribution < 1.29 is 4.79 Å². The Bertz CT molecular complexity index is 851. The lowest BCUT2D eigenvalue weighted by atomic mass is 10.1. The maximum Gasteiger partial charge on any atom is 0.265 e. The van der Waals surface area contributed by atoms with Gasteiger partial charge in [-0.2, -0.15) is 0 Å². The van der Waals surface area contributed by atoms with Crippen LogP contribution in [-0.4, -0.2) is 24.0 Å². The molecule has 0 aliphatic carbocycles. The average molecular weight is 378 g/mol. The lowest BCUT2D eigenvalue weighted by Gasteiger charge is -2.25. The van der Waals surface area contributed by atoms with E-state index >= 15 is 0 Å². The number of aromatic nitrogens is 1. The van der Waals surface area contributed by atoms with Crippen LogP contribution in [-0.2, 0) is 0 Å². The van der Waals surface area contributed by atoms with E-state index in [-0.39, 0.29) is 5.91 Å². The number of hydrogen-bond acceptors (Lipinski definition) is 5. The molecule has 1 fully saturated rings. The Labute approximate surface area is 153 Å². The summed E-state index contributed by atoms with van der Waals surface area (Å²) in [5, 5.41) is 4.57. The summed E-state index contributed by atoms with van der Waals surface area (Å²) < 4.78 is 1.10. The minimum atomic E-state index is -0.119. The Kier molecular flexibility index (Phi) is 4.43. The van der Waals surface area contributed by atoms with Crippen molar-refractivity contribution in [2.45, 2.75) is 19.3 Å². The van der Waals surface area contributed by atoms with Gasteiger partial charge in [-0.05, 0) is 43.5 Å². The zero-order valence-electron chi connectivity index (χ0n) is 12.9. The number of thiazole rings is 1. The number of hydrogen-bond donors (Lipinski definition) is 1. The standard InChI is InChI=1S/C17H16ClN3OS2/c18-11-5-4-6-12(9-11)19-15(22)14-10-13-16(23-14)24-17(20-13)21-7-2-1-3-8-21/h4-6,9-10H,1-3,7-8H2,(H,19,22). The van der Waals surface area contributed by atoms with Gasteiger partial charge in [0.15, 0.2) is 5.13 Å². The molecule has 1 aliphatic rings. The van der Waals surface area contributed by atoms with E-state index in [1.165, 1.54) is 30.6 Å². The second-order valence-electron chi connectivity index (χ2n) is 5.79. The molecule has 0 bridgehead atoms. The number of piperidine rings is 1. The van der Waals surface area contributed by atoms with Crippen molar-refractivity contribution in [2.24, 2.45) is 0 Å². The van der Waals surface area contributed by atoms with Crippen molar-refractivity contribution in [3.05, 3.63) is 40.2 Å². The highest BCUT2D eigenvalue weighted by Gasteiger charge is 2.18. The Balaban J connectivity index is 1.52. The molecule has 0 radical (unpaired) electrons. The van der Waals surface area contributed by atoms with Gasteiger partial charge in [0.25, 0.3) is 5.91 Å². The van der Waals surface area contributed by atoms with Crippen LogP contribution >= 0.6 is 34.3 Å². The van der Waals surface area contributed by atoms with Gasteiger partial charge < -0.3 is 10.2 Å². The molecule has 0 unspecified atom stereocenters. The summed E-state index contributed by atoms with van der Waals surface area (Å²) in [7, 11) is 0. The van der Waals surface area contributed by atoms with Gasteiger partial charge in [-0.25, -0.2) is 4.98 Å². The van der Waals surface area contributed by atoms with Crippen LogP contribution in [0.15, 0.2) is 30.3 Å². The highest BCUT2D eigenvalue weighted by atomic mass is 35.5. The monoisotopic (exact) mass is 377 g/mol. The third-order valence-electron chi connectivity index (χ3n) is 4.01. The highest BCUT2D eigenvalue weighted by Crippen LogP contribution is 2.36. The second-order valence-corrected chi connectivity index (χ2v) is 8.52. The van der Waals surface area contributed by atoms with Crippen LogP contribution in [0.4, 0.5) is 10.8 Å². The van der Waals surface area contributed by atoms with Crippen molar-refractivity contribution >= 4 is 60.5 Å². The smallest absolute Gasteiger partial charge is 0.265 e. The van der Waals surface area contributed by atoms with E-state index in [2.05, 4.69) is 10.2 Å². The van der Waals surface area contributed by atoms with Crippen LogP contribution in [0.5, 0.6) is 0 Å². The molecule has 1 N–H and O–H groups in total. The first kappa shape index (κ1) is 15.9. The number of thiophene rings is 1. The van der Waals surface area contributed by atoms with Gasteiger partial charge >= 0.3 is 0 Å². The Morgan fingerprint density at radius 1 is 1.17 bits per heavy atom. The van der Waals surface area contributed by atoms with Crippen molar-refractivity contribution in [1.29, 1.82) is 0 Å². The lowest BCUT2D eigenvalue weighted by molar-refractivity contribution is 0.103. The first-order valence-corrected chi connectivity index (χ1v) is 9.92. The van der Waals surface area contributed by atoms with Crippen LogP contribution in [0.3, 0.4) is 0 Å². The predicted octanol–water partition coefficient (Wildman–Crippen LogP) is 5.25. The van der Waals surface area contributed by atoms with E-state index in [4.69, 9.17) is 16.6 Å². The number of amides is 1. The van der Waals surface area contributed by atoms with Gasteiger partial charge in [-0.1, -0.05) is 29.0 Å². The molecule has 24 heavy (non-hydrogen) atoms. The van der Waals surface area contributed by atoms with Gasteiger partial charge in [-0.3, -0.25) is 4.79 Å². The third kappa shape index (κ3) is 3.27. The number of rotatable bonds is 3. The summed E-state index contributed by atoms with van der Waals surface area (Å²) >= 11 is 9.13. The lowest BCUT2D eigenvalue weighted by Crippen LogP contribution is -2.29. The minimum absolute atomic E-state index is 0.119. The molecule has 1 saturated heterocycles. The van der Waals surface area contributed by atoms with Crippen LogP contribution in [0, 0.1) is 0 Å². The number of nitrogens with one attached hydrogen (secondary N) is 1. The van der Waals surface area contributed by atoms with E-state index < -0.39 is 0 Å². The largest absolute Gasteiger partial charge is 0.348 e. The molecule has 4 nitrogen and oxygen atoms in total. The molecule has 0 saturated carbocycles. The minimum Gasteiger partial charge on any atom is -0.348 e. The predicted molar refractivity (Wildman–Crippen MR) is 103 cm³/mol. The van der Waals surface area contributed by atoms with Gasteiger partial charge in [0.05, 0.1) is 10.4 Å². The topological polar surface area (TPSA) is 45.2 Å². The summed E-state index contributed by atoms with van der Waals surface area (Å²) in [6.45, 7) is 2.17. The number of carbonyl (C=O) groups excluding carboxylic acids is 1. The van der Waals surface area contributed by atoms with E-state index in [1.807, 2.05) is 18.2 Å². The van der Waals surface area contributed by atoms with Crippen molar-refractivity contribution in [1.82, 2.24) is 4.98 Å². The average Bonchev–Trinajstić information content (AvgIpc) is 3.14. The summed E-state index contributed by atoms with van der Waals surface area (Å²) in [5.41, 5.74) is 1.62. The third-order valence-corrected chi connectivity index (χ3v) is 6.59. The van der Waals surface area contributed by atoms with Gasteiger partial charge in [0, 0.05) is 23.8 Å². The summed E-state index contributed by atoms with van der Waals surface area (Å²) in [6.07, 6.45) is 3.78. The van der Waals surface area contributed by atoms with Crippen molar-refractivity contribution in [2.75, 3.05) is 23.3 Å². The quantitative estimate of drug-likeness (QED) is 0.677. The first-order valence-electron chi connectivity index (χ1n) is 7.91. The molecule has 1 amide bonds. The van der Waals surface area contributed by atoms with Crippen LogP contribution < -0.4 is 10.2 Å². The van der Waals surface area contributed by atoms with Crippen LogP contribution in [0.1, 0.15) is 28.9 Å². The molecule has 4 rings (SSSR count). The molecule has 3 aromatic rings. The fourth-order valence-electron chi connectivity index (χ4n) is 2.82. The Hall–Kier alpha value is -1.63. The van der Waals surface area contributed by atoms with Crippen LogP contribution in [0.2, 0.25) is 5.02 Å². The summed E-state index contributed by atoms with van der Waals surface area (Å²) in [5.74, 6) is -0.119. The normalized spacial score (nSPS) is 15.0. The SMILES string of the molecule is O=C(Nc1cccc(Cl)c1)c1cc2nc(N3CCCCC3)sc2s1. The van der Waals surface area contributed by atoms with Crippen molar-refractivity contribution in [3.8, 4) is 0 Å². The number of nitrogens with zero attached hydrogens (tertiary/aromatic N) is 2. The molecule has 0 atom stereocenters. The Morgan fingerprint density at radius 2 is 2.00 bits per heavy atom. The fraction of sp³-hybridized carbons (Fsp3) is 0.294. The second kappa shape index (κ2) is 6.70.